The predicted octanol–water partition coefficient (Wildman–Crippen LogP) is 2.84. The van der Waals surface area contributed by atoms with Crippen LogP contribution in [0.15, 0.2) is 65.6 Å². The second kappa shape index (κ2) is 7.15. The molecule has 0 aromatic heterocycles. The first-order valence-electron chi connectivity index (χ1n) is 7.93. The number of benzene rings is 2. The molecule has 1 atom stereocenters. The maximum Gasteiger partial charge on any atom is 0.329 e. The lowest BCUT2D eigenvalue weighted by molar-refractivity contribution is -0.139. The SMILES string of the molecule is O=C(Oc1ccccc1)C1CCCCN1S(=O)(=O)c1ccccc1. The Morgan fingerprint density at radius 1 is 0.958 bits per heavy atom. The zero-order valence-corrected chi connectivity index (χ0v) is 14.0. The van der Waals surface area contributed by atoms with Gasteiger partial charge in [-0.3, -0.25) is 0 Å². The van der Waals surface area contributed by atoms with E-state index in [1.165, 1.54) is 4.31 Å². The van der Waals surface area contributed by atoms with Gasteiger partial charge >= 0.3 is 5.97 Å². The number of carbonyl (C=O) groups excluding carboxylic acids is 1. The van der Waals surface area contributed by atoms with Gasteiger partial charge < -0.3 is 4.74 Å². The van der Waals surface area contributed by atoms with E-state index in [1.807, 2.05) is 6.07 Å². The molecule has 1 heterocycles. The van der Waals surface area contributed by atoms with Gasteiger partial charge in [-0.1, -0.05) is 36.4 Å². The minimum atomic E-state index is -3.72. The molecule has 1 aliphatic rings. The summed E-state index contributed by atoms with van der Waals surface area (Å²) in [5, 5.41) is 0. The Kier molecular flexibility index (Phi) is 4.97. The molecular formula is C18H19NO4S. The first-order valence-corrected chi connectivity index (χ1v) is 9.37. The van der Waals surface area contributed by atoms with Crippen molar-refractivity contribution in [2.45, 2.75) is 30.2 Å². The Morgan fingerprint density at radius 2 is 1.58 bits per heavy atom. The summed E-state index contributed by atoms with van der Waals surface area (Å²) in [6, 6.07) is 16.1. The van der Waals surface area contributed by atoms with Crippen LogP contribution in [0.2, 0.25) is 0 Å². The second-order valence-corrected chi connectivity index (χ2v) is 7.57. The molecule has 5 nitrogen and oxygen atoms in total. The van der Waals surface area contributed by atoms with Crippen LogP contribution in [0.25, 0.3) is 0 Å². The van der Waals surface area contributed by atoms with E-state index in [9.17, 15) is 13.2 Å². The highest BCUT2D eigenvalue weighted by Crippen LogP contribution is 2.26. The van der Waals surface area contributed by atoms with Crippen molar-refractivity contribution in [2.75, 3.05) is 6.54 Å². The first kappa shape index (κ1) is 16.7. The summed E-state index contributed by atoms with van der Waals surface area (Å²) < 4.78 is 32.4. The van der Waals surface area contributed by atoms with Gasteiger partial charge in [0.15, 0.2) is 0 Å². The Bertz CT molecular complexity index is 790. The maximum atomic E-state index is 12.9. The highest BCUT2D eigenvalue weighted by Gasteiger charge is 2.38. The number of carbonyl (C=O) groups is 1. The van der Waals surface area contributed by atoms with Crippen LogP contribution in [0.5, 0.6) is 5.75 Å². The van der Waals surface area contributed by atoms with Gasteiger partial charge in [-0.2, -0.15) is 4.31 Å². The number of sulfonamides is 1. The van der Waals surface area contributed by atoms with Gasteiger partial charge in [0.2, 0.25) is 10.0 Å². The fraction of sp³-hybridized carbons (Fsp3) is 0.278. The molecule has 1 unspecified atom stereocenters. The number of esters is 1. The van der Waals surface area contributed by atoms with Gasteiger partial charge in [-0.05, 0) is 43.5 Å². The highest BCUT2D eigenvalue weighted by molar-refractivity contribution is 7.89. The van der Waals surface area contributed by atoms with E-state index in [1.54, 1.807) is 54.6 Å². The normalized spacial score (nSPS) is 18.9. The summed E-state index contributed by atoms with van der Waals surface area (Å²) in [7, 11) is -3.72. The quantitative estimate of drug-likeness (QED) is 0.631. The second-order valence-electron chi connectivity index (χ2n) is 5.67. The van der Waals surface area contributed by atoms with E-state index in [4.69, 9.17) is 4.74 Å². The molecule has 24 heavy (non-hydrogen) atoms. The lowest BCUT2D eigenvalue weighted by atomic mass is 10.1. The van der Waals surface area contributed by atoms with Crippen LogP contribution < -0.4 is 4.74 Å². The number of ether oxygens (including phenoxy) is 1. The van der Waals surface area contributed by atoms with E-state index in [-0.39, 0.29) is 4.90 Å². The van der Waals surface area contributed by atoms with E-state index >= 15 is 0 Å². The van der Waals surface area contributed by atoms with E-state index in [2.05, 4.69) is 0 Å². The third-order valence-electron chi connectivity index (χ3n) is 4.04. The molecule has 1 aliphatic heterocycles. The number of rotatable bonds is 4. The van der Waals surface area contributed by atoms with Crippen LogP contribution in [-0.2, 0) is 14.8 Å². The molecule has 0 amide bonds. The number of hydrogen-bond donors (Lipinski definition) is 0. The summed E-state index contributed by atoms with van der Waals surface area (Å²) in [6.07, 6.45) is 2.01. The van der Waals surface area contributed by atoms with Crippen molar-refractivity contribution in [3.05, 3.63) is 60.7 Å². The molecule has 0 saturated carbocycles. The van der Waals surface area contributed by atoms with E-state index in [0.717, 1.165) is 12.8 Å². The molecule has 6 heteroatoms. The number of para-hydroxylation sites is 1. The summed E-state index contributed by atoms with van der Waals surface area (Å²) in [6.45, 7) is 0.325. The highest BCUT2D eigenvalue weighted by atomic mass is 32.2. The number of hydrogen-bond acceptors (Lipinski definition) is 4. The molecule has 126 valence electrons. The molecule has 2 aromatic rings. The lowest BCUT2D eigenvalue weighted by Gasteiger charge is -2.32. The molecule has 0 N–H and O–H groups in total. The minimum absolute atomic E-state index is 0.199. The summed E-state index contributed by atoms with van der Waals surface area (Å²) >= 11 is 0. The molecule has 2 aromatic carbocycles. The third-order valence-corrected chi connectivity index (χ3v) is 5.96. The standard InChI is InChI=1S/C18H19NO4S/c20-18(23-15-9-3-1-4-10-15)17-13-7-8-14-19(17)24(21,22)16-11-5-2-6-12-16/h1-6,9-12,17H,7-8,13-14H2. The van der Waals surface area contributed by atoms with Gasteiger partial charge in [-0.25, -0.2) is 13.2 Å². The van der Waals surface area contributed by atoms with Gasteiger partial charge in [-0.15, -0.1) is 0 Å². The molecule has 0 aliphatic carbocycles. The molecule has 0 radical (unpaired) electrons. The predicted molar refractivity (Wildman–Crippen MR) is 90.0 cm³/mol. The zero-order valence-electron chi connectivity index (χ0n) is 13.2. The Morgan fingerprint density at radius 3 is 2.25 bits per heavy atom. The molecular weight excluding hydrogens is 326 g/mol. The molecule has 0 spiro atoms. The van der Waals surface area contributed by atoms with Crippen LogP contribution in [-0.4, -0.2) is 31.3 Å². The zero-order chi connectivity index (χ0) is 17.0. The van der Waals surface area contributed by atoms with Crippen molar-refractivity contribution in [1.29, 1.82) is 0 Å². The van der Waals surface area contributed by atoms with Crippen LogP contribution in [0, 0.1) is 0 Å². The maximum absolute atomic E-state index is 12.9. The average Bonchev–Trinajstić information content (AvgIpc) is 2.63. The van der Waals surface area contributed by atoms with E-state index < -0.39 is 22.0 Å². The monoisotopic (exact) mass is 345 g/mol. The van der Waals surface area contributed by atoms with Crippen molar-refractivity contribution in [2.24, 2.45) is 0 Å². The van der Waals surface area contributed by atoms with Crippen LogP contribution in [0.4, 0.5) is 0 Å². The molecule has 1 saturated heterocycles. The van der Waals surface area contributed by atoms with Crippen molar-refractivity contribution in [3.63, 3.8) is 0 Å². The van der Waals surface area contributed by atoms with Crippen molar-refractivity contribution in [1.82, 2.24) is 4.31 Å². The fourth-order valence-corrected chi connectivity index (χ4v) is 4.50. The van der Waals surface area contributed by atoms with Crippen LogP contribution >= 0.6 is 0 Å². The average molecular weight is 345 g/mol. The number of piperidine rings is 1. The minimum Gasteiger partial charge on any atom is -0.425 e. The van der Waals surface area contributed by atoms with Crippen molar-refractivity contribution in [3.8, 4) is 5.75 Å². The summed E-state index contributed by atoms with van der Waals surface area (Å²) in [4.78, 5) is 12.7. The van der Waals surface area contributed by atoms with Gasteiger partial charge in [0.05, 0.1) is 4.90 Å². The molecule has 1 fully saturated rings. The summed E-state index contributed by atoms with van der Waals surface area (Å²) in [5.41, 5.74) is 0. The smallest absolute Gasteiger partial charge is 0.329 e. The van der Waals surface area contributed by atoms with Crippen molar-refractivity contribution >= 4 is 16.0 Å². The molecule has 3 rings (SSSR count). The van der Waals surface area contributed by atoms with Crippen molar-refractivity contribution < 1.29 is 17.9 Å². The Labute approximate surface area is 141 Å². The topological polar surface area (TPSA) is 63.7 Å². The van der Waals surface area contributed by atoms with E-state index in [0.29, 0.717) is 18.7 Å². The Hall–Kier alpha value is -2.18. The molecule has 0 bridgehead atoms. The van der Waals surface area contributed by atoms with Gasteiger partial charge in [0, 0.05) is 6.54 Å². The Balaban J connectivity index is 1.84. The summed E-state index contributed by atoms with van der Waals surface area (Å²) in [5.74, 6) is -0.106. The largest absolute Gasteiger partial charge is 0.425 e. The van der Waals surface area contributed by atoms with Gasteiger partial charge in [0.1, 0.15) is 11.8 Å². The third kappa shape index (κ3) is 3.49. The number of nitrogens with zero attached hydrogens (tertiary/aromatic N) is 1. The first-order chi connectivity index (χ1) is 11.6. The van der Waals surface area contributed by atoms with Crippen LogP contribution in [0.3, 0.4) is 0 Å². The fourth-order valence-electron chi connectivity index (χ4n) is 2.83. The lowest BCUT2D eigenvalue weighted by Crippen LogP contribution is -2.49. The van der Waals surface area contributed by atoms with Crippen LogP contribution in [0.1, 0.15) is 19.3 Å². The van der Waals surface area contributed by atoms with Gasteiger partial charge in [0.25, 0.3) is 0 Å².